The van der Waals surface area contributed by atoms with Gasteiger partial charge in [0.15, 0.2) is 5.78 Å². The maximum absolute atomic E-state index is 11.0. The average molecular weight is 173 g/mol. The normalized spacial score (nSPS) is 10.7. The highest BCUT2D eigenvalue weighted by molar-refractivity contribution is 5.79. The summed E-state index contributed by atoms with van der Waals surface area (Å²) < 4.78 is 4.74. The van der Waals surface area contributed by atoms with Crippen LogP contribution in [0.4, 0.5) is 0 Å². The van der Waals surface area contributed by atoms with Gasteiger partial charge in [-0.3, -0.25) is 4.79 Å². The number of Topliss-reactive ketones (excluding diaryl/α,β-unsaturated/α-hetero) is 1. The van der Waals surface area contributed by atoms with Crippen molar-refractivity contribution in [3.05, 3.63) is 0 Å². The molecular formula is C9H19NO2. The molecule has 0 rings (SSSR count). The number of carbonyl (C=O) groups excluding carboxylic acids is 1. The van der Waals surface area contributed by atoms with Gasteiger partial charge in [-0.1, -0.05) is 13.8 Å². The fraction of sp³-hybridized carbons (Fsp3) is 0.889. The van der Waals surface area contributed by atoms with Crippen LogP contribution in [-0.2, 0) is 9.53 Å². The molecule has 0 radical (unpaired) electrons. The first-order chi connectivity index (χ1) is 5.74. The number of ether oxygens (including phenoxy) is 1. The molecule has 0 aliphatic carbocycles. The Morgan fingerprint density at radius 1 is 1.33 bits per heavy atom. The number of carbonyl (C=O) groups is 1. The van der Waals surface area contributed by atoms with E-state index in [2.05, 4.69) is 18.7 Å². The second-order valence-electron chi connectivity index (χ2n) is 2.75. The van der Waals surface area contributed by atoms with Gasteiger partial charge in [0.2, 0.25) is 0 Å². The summed E-state index contributed by atoms with van der Waals surface area (Å²) in [7, 11) is 1.55. The first-order valence-electron chi connectivity index (χ1n) is 4.47. The molecule has 0 N–H and O–H groups in total. The van der Waals surface area contributed by atoms with E-state index >= 15 is 0 Å². The van der Waals surface area contributed by atoms with Gasteiger partial charge in [0, 0.05) is 20.1 Å². The summed E-state index contributed by atoms with van der Waals surface area (Å²) >= 11 is 0. The van der Waals surface area contributed by atoms with E-state index in [4.69, 9.17) is 4.74 Å². The SMILES string of the molecule is CCN(CC)CCC(=O)COC. The van der Waals surface area contributed by atoms with E-state index in [0.29, 0.717) is 6.42 Å². The van der Waals surface area contributed by atoms with Gasteiger partial charge in [-0.15, -0.1) is 0 Å². The van der Waals surface area contributed by atoms with Crippen LogP contribution in [0.25, 0.3) is 0 Å². The molecular weight excluding hydrogens is 154 g/mol. The fourth-order valence-electron chi connectivity index (χ4n) is 1.06. The zero-order valence-corrected chi connectivity index (χ0v) is 8.30. The maximum Gasteiger partial charge on any atom is 0.159 e. The first-order valence-corrected chi connectivity index (χ1v) is 4.47. The quantitative estimate of drug-likeness (QED) is 0.573. The molecule has 0 atom stereocenters. The Labute approximate surface area is 74.7 Å². The second kappa shape index (κ2) is 7.25. The minimum Gasteiger partial charge on any atom is -0.377 e. The van der Waals surface area contributed by atoms with E-state index in [1.165, 1.54) is 0 Å². The van der Waals surface area contributed by atoms with Gasteiger partial charge < -0.3 is 9.64 Å². The van der Waals surface area contributed by atoms with Gasteiger partial charge >= 0.3 is 0 Å². The number of methoxy groups -OCH3 is 1. The fourth-order valence-corrected chi connectivity index (χ4v) is 1.06. The highest BCUT2D eigenvalue weighted by Gasteiger charge is 2.03. The lowest BCUT2D eigenvalue weighted by Crippen LogP contribution is -2.26. The molecule has 3 nitrogen and oxygen atoms in total. The number of rotatable bonds is 7. The van der Waals surface area contributed by atoms with Gasteiger partial charge in [0.25, 0.3) is 0 Å². The highest BCUT2D eigenvalue weighted by Crippen LogP contribution is 1.91. The van der Waals surface area contributed by atoms with Gasteiger partial charge in [0.05, 0.1) is 0 Å². The summed E-state index contributed by atoms with van der Waals surface area (Å²) in [5.74, 6) is 0.185. The molecule has 0 heterocycles. The predicted molar refractivity (Wildman–Crippen MR) is 49.3 cm³/mol. The number of ketones is 1. The molecule has 0 aromatic rings. The Morgan fingerprint density at radius 3 is 2.33 bits per heavy atom. The number of hydrogen-bond donors (Lipinski definition) is 0. The van der Waals surface area contributed by atoms with Crippen molar-refractivity contribution in [3.63, 3.8) is 0 Å². The molecule has 0 aromatic heterocycles. The summed E-state index contributed by atoms with van der Waals surface area (Å²) in [6, 6.07) is 0. The lowest BCUT2D eigenvalue weighted by molar-refractivity contribution is -0.122. The lowest BCUT2D eigenvalue weighted by Gasteiger charge is -2.16. The smallest absolute Gasteiger partial charge is 0.159 e. The molecule has 0 saturated carbocycles. The number of hydrogen-bond acceptors (Lipinski definition) is 3. The molecule has 12 heavy (non-hydrogen) atoms. The summed E-state index contributed by atoms with van der Waals surface area (Å²) in [6.07, 6.45) is 0.607. The third kappa shape index (κ3) is 5.27. The summed E-state index contributed by atoms with van der Waals surface area (Å²) in [6.45, 7) is 7.33. The Balaban J connectivity index is 3.44. The zero-order valence-electron chi connectivity index (χ0n) is 8.30. The minimum atomic E-state index is 0.185. The second-order valence-corrected chi connectivity index (χ2v) is 2.75. The van der Waals surface area contributed by atoms with Crippen molar-refractivity contribution in [2.45, 2.75) is 20.3 Å². The average Bonchev–Trinajstić information content (AvgIpc) is 2.07. The number of nitrogens with zero attached hydrogens (tertiary/aromatic N) is 1. The highest BCUT2D eigenvalue weighted by atomic mass is 16.5. The molecule has 0 unspecified atom stereocenters. The van der Waals surface area contributed by atoms with E-state index in [-0.39, 0.29) is 12.4 Å². The van der Waals surface area contributed by atoms with Gasteiger partial charge in [-0.05, 0) is 13.1 Å². The molecule has 0 aliphatic rings. The van der Waals surface area contributed by atoms with Crippen molar-refractivity contribution in [1.29, 1.82) is 0 Å². The zero-order chi connectivity index (χ0) is 9.40. The van der Waals surface area contributed by atoms with Crippen LogP contribution in [0.5, 0.6) is 0 Å². The van der Waals surface area contributed by atoms with Crippen LogP contribution < -0.4 is 0 Å². The van der Waals surface area contributed by atoms with Gasteiger partial charge in [0.1, 0.15) is 6.61 Å². The maximum atomic E-state index is 11.0. The molecule has 0 fully saturated rings. The summed E-state index contributed by atoms with van der Waals surface area (Å²) in [5.41, 5.74) is 0. The topological polar surface area (TPSA) is 29.5 Å². The van der Waals surface area contributed by atoms with Crippen LogP contribution in [-0.4, -0.2) is 44.0 Å². The van der Waals surface area contributed by atoms with E-state index < -0.39 is 0 Å². The van der Waals surface area contributed by atoms with Crippen LogP contribution in [0.1, 0.15) is 20.3 Å². The van der Waals surface area contributed by atoms with Crippen molar-refractivity contribution in [3.8, 4) is 0 Å². The molecule has 0 spiro atoms. The largest absolute Gasteiger partial charge is 0.377 e. The van der Waals surface area contributed by atoms with Crippen LogP contribution in [0, 0.1) is 0 Å². The Bertz CT molecular complexity index is 122. The van der Waals surface area contributed by atoms with Gasteiger partial charge in [-0.2, -0.15) is 0 Å². The van der Waals surface area contributed by atoms with Gasteiger partial charge in [-0.25, -0.2) is 0 Å². The predicted octanol–water partition coefficient (Wildman–Crippen LogP) is 0.934. The molecule has 72 valence electrons. The van der Waals surface area contributed by atoms with E-state index in [9.17, 15) is 4.79 Å². The monoisotopic (exact) mass is 173 g/mol. The molecule has 0 amide bonds. The van der Waals surface area contributed by atoms with Crippen molar-refractivity contribution >= 4 is 5.78 Å². The molecule has 0 aliphatic heterocycles. The molecule has 0 aromatic carbocycles. The van der Waals surface area contributed by atoms with Crippen molar-refractivity contribution in [2.24, 2.45) is 0 Å². The minimum absolute atomic E-state index is 0.185. The van der Waals surface area contributed by atoms with Crippen LogP contribution in [0.15, 0.2) is 0 Å². The van der Waals surface area contributed by atoms with E-state index in [0.717, 1.165) is 19.6 Å². The van der Waals surface area contributed by atoms with Crippen LogP contribution in [0.2, 0.25) is 0 Å². The van der Waals surface area contributed by atoms with Crippen LogP contribution in [0.3, 0.4) is 0 Å². The Hall–Kier alpha value is -0.410. The molecule has 3 heteroatoms. The van der Waals surface area contributed by atoms with E-state index in [1.807, 2.05) is 0 Å². The molecule has 0 bridgehead atoms. The lowest BCUT2D eigenvalue weighted by atomic mass is 10.3. The van der Waals surface area contributed by atoms with Crippen molar-refractivity contribution < 1.29 is 9.53 Å². The summed E-state index contributed by atoms with van der Waals surface area (Å²) in [5, 5.41) is 0. The van der Waals surface area contributed by atoms with Crippen molar-refractivity contribution in [2.75, 3.05) is 33.4 Å². The van der Waals surface area contributed by atoms with Crippen LogP contribution >= 0.6 is 0 Å². The third-order valence-electron chi connectivity index (χ3n) is 1.91. The third-order valence-corrected chi connectivity index (χ3v) is 1.91. The first kappa shape index (κ1) is 11.6. The van der Waals surface area contributed by atoms with Crippen molar-refractivity contribution in [1.82, 2.24) is 4.90 Å². The standard InChI is InChI=1S/C9H19NO2/c1-4-10(5-2)7-6-9(11)8-12-3/h4-8H2,1-3H3. The Morgan fingerprint density at radius 2 is 1.92 bits per heavy atom. The Kier molecular flexibility index (Phi) is 7.00. The molecule has 0 saturated heterocycles. The van der Waals surface area contributed by atoms with E-state index in [1.54, 1.807) is 7.11 Å². The summed E-state index contributed by atoms with van der Waals surface area (Å²) in [4.78, 5) is 13.3.